The van der Waals surface area contributed by atoms with Crippen molar-refractivity contribution in [3.05, 3.63) is 108 Å². The fourth-order valence-electron chi connectivity index (χ4n) is 10.6. The number of aliphatic hydroxyl groups excluding tert-OH is 3. The molecule has 4 fully saturated rings. The van der Waals surface area contributed by atoms with Gasteiger partial charge in [-0.25, -0.2) is 29.8 Å². The zero-order chi connectivity index (χ0) is 81.1. The zero-order valence-corrected chi connectivity index (χ0v) is 67.5. The molecule has 4 saturated heterocycles. The van der Waals surface area contributed by atoms with E-state index < -0.39 is 193 Å². The van der Waals surface area contributed by atoms with Crippen molar-refractivity contribution in [2.24, 2.45) is 0 Å². The van der Waals surface area contributed by atoms with Crippen molar-refractivity contribution in [2.75, 3.05) is 64.1 Å². The van der Waals surface area contributed by atoms with Crippen LogP contribution in [0.25, 0.3) is 11.2 Å². The van der Waals surface area contributed by atoms with Crippen LogP contribution >= 0.6 is 77.5 Å². The number of hydrogen-bond acceptors (Lipinski definition) is 35. The summed E-state index contributed by atoms with van der Waals surface area (Å²) in [6, 6.07) is 8.49. The number of anilines is 1. The van der Waals surface area contributed by atoms with E-state index in [-0.39, 0.29) is 46.9 Å². The van der Waals surface area contributed by atoms with Gasteiger partial charge >= 0.3 is 61.4 Å². The molecule has 0 aliphatic carbocycles. The van der Waals surface area contributed by atoms with Gasteiger partial charge in [-0.2, -0.15) is 9.97 Å². The van der Waals surface area contributed by atoms with Crippen LogP contribution in [0.4, 0.5) is 5.95 Å². The first-order valence-corrected chi connectivity index (χ1v) is 43.4. The summed E-state index contributed by atoms with van der Waals surface area (Å²) in [6.45, 7) is 2.69. The van der Waals surface area contributed by atoms with Gasteiger partial charge in [-0.05, 0) is 97.6 Å². The summed E-state index contributed by atoms with van der Waals surface area (Å²) in [5.41, 5.74) is 2.47. The Morgan fingerprint density at radius 1 is 0.697 bits per heavy atom. The summed E-state index contributed by atoms with van der Waals surface area (Å²) in [5, 5.41) is 51.3. The Balaban J connectivity index is 0.000000228. The predicted molar refractivity (Wildman–Crippen MR) is 395 cm³/mol. The third-order valence-corrected chi connectivity index (χ3v) is 29.1. The lowest BCUT2D eigenvalue weighted by Gasteiger charge is -2.27. The van der Waals surface area contributed by atoms with Gasteiger partial charge in [0.1, 0.15) is 87.7 Å². The number of halogens is 2. The number of alkyl halides is 2. The molecule has 0 spiro atoms. The lowest BCUT2D eigenvalue weighted by atomic mass is 9.96. The second-order valence-corrected chi connectivity index (χ2v) is 40.1. The topological polar surface area (TPSA) is 544 Å². The Morgan fingerprint density at radius 2 is 1.16 bits per heavy atom. The molecule has 5 aromatic rings. The van der Waals surface area contributed by atoms with Gasteiger partial charge in [0.2, 0.25) is 11.8 Å². The molecule has 0 bridgehead atoms. The summed E-state index contributed by atoms with van der Waals surface area (Å²) in [6.07, 6.45) is -8.74. The quantitative estimate of drug-likeness (QED) is 0.0137. The van der Waals surface area contributed by atoms with E-state index in [0.29, 0.717) is 22.8 Å². The standard InChI is InChI=1S/C23H29N6O8PS.2C19H29ClN3O10PS/c1-12(13-7-5-4-6-8-13)36-20(31)14-10-39-38(33,28-14)35-9-15-17(30)23(2,32)21(37-15)29-11-25-16-18(29)26-22(24)27-19(16)34-3;2*1-10(2)32-16(27)11(3)22-34(29,35-9-14(25)30-5)31-8-12-15(26)19(4,20)17(33-12)23-7-6-13(24)21-18(23)28/h4-8,11-12,14-15,17,21,30,32H,9-10H2,1-3H3,(H,28,33)(H2,24,26,27);2*6-7,10-12,15,17,26H,8-9H2,1-5H3,(H,22,29)(H,21,24,28)/t12?,14?,15?,17-,21-,23-,38?;11-,12+,15+,17+,19+,34+;11-,12+,15+,17+,19+,34-/m100/s1. The molecule has 0 saturated carbocycles. The molecule has 606 valence electrons. The maximum atomic E-state index is 13.5. The van der Waals surface area contributed by atoms with E-state index in [1.165, 1.54) is 65.0 Å². The molecule has 40 nitrogen and oxygen atoms in total. The Bertz CT molecular complexity index is 4260. The minimum absolute atomic E-state index is 0.0761. The molecule has 48 heteroatoms. The van der Waals surface area contributed by atoms with Crippen molar-refractivity contribution < 1.29 is 114 Å². The second kappa shape index (κ2) is 38.1. The first kappa shape index (κ1) is 90.1. The van der Waals surface area contributed by atoms with Gasteiger partial charge in [0.25, 0.3) is 11.1 Å². The van der Waals surface area contributed by atoms with Crippen LogP contribution in [-0.4, -0.2) is 230 Å². The molecule has 8 heterocycles. The van der Waals surface area contributed by atoms with Crippen LogP contribution in [0.3, 0.4) is 0 Å². The van der Waals surface area contributed by atoms with Crippen LogP contribution in [0.2, 0.25) is 0 Å². The summed E-state index contributed by atoms with van der Waals surface area (Å²) in [5.74, 6) is -3.76. The highest BCUT2D eigenvalue weighted by Crippen LogP contribution is 2.62. The molecule has 1 aromatic carbocycles. The van der Waals surface area contributed by atoms with E-state index in [1.54, 1.807) is 34.6 Å². The number of methoxy groups -OCH3 is 3. The van der Waals surface area contributed by atoms with Gasteiger partial charge in [-0.3, -0.25) is 70.9 Å². The molecule has 0 radical (unpaired) electrons. The van der Waals surface area contributed by atoms with Crippen LogP contribution < -0.4 is 48.2 Å². The number of hydrogen-bond donors (Lipinski definition) is 10. The van der Waals surface area contributed by atoms with E-state index in [4.69, 9.17) is 75.7 Å². The van der Waals surface area contributed by atoms with Crippen molar-refractivity contribution >= 4 is 124 Å². The molecule has 4 aromatic heterocycles. The van der Waals surface area contributed by atoms with Crippen molar-refractivity contribution in [1.29, 1.82) is 0 Å². The molecule has 109 heavy (non-hydrogen) atoms. The molecular weight excluding hydrogens is 1610 g/mol. The van der Waals surface area contributed by atoms with Crippen LogP contribution in [0.1, 0.15) is 99.6 Å². The third kappa shape index (κ3) is 23.1. The Morgan fingerprint density at radius 3 is 1.60 bits per heavy atom. The van der Waals surface area contributed by atoms with E-state index in [9.17, 15) is 77.3 Å². The smallest absolute Gasteiger partial charge is 0.330 e. The number of carbonyl (C=O) groups is 5. The number of nitrogens with two attached hydrogens (primary N) is 1. The van der Waals surface area contributed by atoms with Gasteiger partial charge in [0.15, 0.2) is 29.8 Å². The van der Waals surface area contributed by atoms with Gasteiger partial charge in [0, 0.05) is 30.3 Å². The predicted octanol–water partition coefficient (Wildman–Crippen LogP) is 3.07. The number of nitrogen functional groups attached to an aromatic ring is 1. The monoisotopic (exact) mass is 1690 g/mol. The number of ether oxygens (including phenoxy) is 9. The average molecular weight is 1700 g/mol. The van der Waals surface area contributed by atoms with Crippen LogP contribution in [-0.2, 0) is 89.1 Å². The summed E-state index contributed by atoms with van der Waals surface area (Å²) < 4.78 is 108. The molecule has 4 aliphatic heterocycles. The molecule has 9 rings (SSSR count). The highest BCUT2D eigenvalue weighted by Gasteiger charge is 2.57. The largest absolute Gasteiger partial charge is 0.479 e. The maximum Gasteiger partial charge on any atom is 0.330 e. The fraction of sp³-hybridized carbons (Fsp3) is 0.607. The number of aromatic nitrogens is 8. The Hall–Kier alpha value is -6.12. The normalized spacial score (nSPS) is 28.4. The minimum atomic E-state index is -3.95. The fourth-order valence-corrected chi connectivity index (χ4v) is 22.0. The second-order valence-electron chi connectivity index (χ2n) is 25.6. The van der Waals surface area contributed by atoms with Crippen molar-refractivity contribution in [1.82, 2.24) is 53.9 Å². The highest BCUT2D eigenvalue weighted by atomic mass is 35.5. The Kier molecular flexibility index (Phi) is 31.5. The van der Waals surface area contributed by atoms with Gasteiger partial charge < -0.3 is 82.4 Å². The number of imidazole rings is 1. The van der Waals surface area contributed by atoms with Crippen LogP contribution in [0.5, 0.6) is 5.88 Å². The Labute approximate surface area is 643 Å². The van der Waals surface area contributed by atoms with Crippen LogP contribution in [0.15, 0.2) is 80.4 Å². The SMILES string of the molecule is COC(=O)CS[P@@](=O)(N[C@@H](C)C(=O)OC(C)C)OC[C@H]1O[C@@H](n2ccc(=O)[nH]c2=O)[C@](C)(Cl)[C@@H]1O.COC(=O)CS[P@](=O)(N[C@@H](C)C(=O)OC(C)C)OC[C@H]1O[C@@H](n2ccc(=O)[nH]c2=O)[C@](C)(Cl)[C@@H]1O.COc1nc(N)nc2c1ncn2[C@@H]1OC(COP2(=O)NC(C(=O)OC(C)c3ccccc3)CS2)[C@@H](O)[C@@]1(C)O. The van der Waals surface area contributed by atoms with Gasteiger partial charge in [0.05, 0.1) is 59.7 Å². The van der Waals surface area contributed by atoms with E-state index in [2.05, 4.69) is 49.7 Å². The lowest BCUT2D eigenvalue weighted by Crippen LogP contribution is -2.44. The molecule has 4 unspecified atom stereocenters. The molecule has 19 atom stereocenters. The number of fused-ring (bicyclic) bond motifs is 1. The minimum Gasteiger partial charge on any atom is -0.479 e. The molecule has 11 N–H and O–H groups in total. The number of esters is 5. The third-order valence-electron chi connectivity index (χ3n) is 16.3. The number of nitrogens with zero attached hydrogens (tertiary/aromatic N) is 6. The first-order valence-electron chi connectivity index (χ1n) is 33.0. The van der Waals surface area contributed by atoms with Crippen molar-refractivity contribution in [2.45, 2.75) is 176 Å². The van der Waals surface area contributed by atoms with E-state index in [0.717, 1.165) is 52.4 Å². The number of H-pyrrole nitrogens is 2. The molecule has 0 amide bonds. The van der Waals surface area contributed by atoms with Gasteiger partial charge in [-0.15, -0.1) is 23.2 Å². The summed E-state index contributed by atoms with van der Waals surface area (Å²) >= 11 is 15.1. The molecule has 4 aliphatic rings. The molecular formula is C61H87Cl2N12O28P3S3. The number of nitrogens with one attached hydrogen (secondary N) is 5. The first-order chi connectivity index (χ1) is 50.9. The zero-order valence-electron chi connectivity index (χ0n) is 60.8. The van der Waals surface area contributed by atoms with Crippen LogP contribution in [0, 0.1) is 0 Å². The van der Waals surface area contributed by atoms with Crippen molar-refractivity contribution in [3.63, 3.8) is 0 Å². The summed E-state index contributed by atoms with van der Waals surface area (Å²) in [4.78, 5) is 121. The number of rotatable bonds is 30. The van der Waals surface area contributed by atoms with Crippen molar-refractivity contribution in [3.8, 4) is 5.88 Å². The maximum absolute atomic E-state index is 13.5. The number of aliphatic hydroxyl groups is 4. The summed E-state index contributed by atoms with van der Waals surface area (Å²) in [7, 11) is 3.73. The average Bonchev–Trinajstić information content (AvgIpc) is 1.57. The lowest BCUT2D eigenvalue weighted by molar-refractivity contribution is -0.150. The number of carbonyl (C=O) groups excluding carboxylic acids is 5. The number of aromatic amines is 2. The van der Waals surface area contributed by atoms with E-state index in [1.807, 2.05) is 30.3 Å². The highest BCUT2D eigenvalue weighted by molar-refractivity contribution is 8.57. The van der Waals surface area contributed by atoms with E-state index >= 15 is 0 Å². The number of benzene rings is 1. The van der Waals surface area contributed by atoms with Gasteiger partial charge in [-0.1, -0.05) is 41.7 Å².